The standard InChI is InChI=1S/C25H24N2O5/c1-30-22-10-6-9-18(24(22)31-2)14-27-15-19-13-20(11-12-21(19)32-16-23(27)28)26-25(29)17-7-4-3-5-8-17/h3-13H,14-16H2,1-2H3,(H,26,29). The Labute approximate surface area is 186 Å². The van der Waals surface area contributed by atoms with Gasteiger partial charge in [-0.15, -0.1) is 0 Å². The van der Waals surface area contributed by atoms with E-state index < -0.39 is 0 Å². The molecule has 0 aliphatic carbocycles. The zero-order valence-electron chi connectivity index (χ0n) is 18.0. The first kappa shape index (κ1) is 21.2. The van der Waals surface area contributed by atoms with Gasteiger partial charge in [0.05, 0.1) is 14.2 Å². The summed E-state index contributed by atoms with van der Waals surface area (Å²) in [5.41, 5.74) is 2.84. The number of carbonyl (C=O) groups is 2. The van der Waals surface area contributed by atoms with Crippen molar-refractivity contribution in [1.29, 1.82) is 0 Å². The van der Waals surface area contributed by atoms with E-state index in [-0.39, 0.29) is 18.4 Å². The lowest BCUT2D eigenvalue weighted by atomic mass is 10.1. The molecular formula is C25H24N2O5. The minimum Gasteiger partial charge on any atom is -0.493 e. The zero-order chi connectivity index (χ0) is 22.5. The van der Waals surface area contributed by atoms with Crippen LogP contribution in [0, 0.1) is 0 Å². The number of benzene rings is 3. The number of hydrogen-bond donors (Lipinski definition) is 1. The lowest BCUT2D eigenvalue weighted by Crippen LogP contribution is -2.32. The number of anilines is 1. The molecule has 0 unspecified atom stereocenters. The quantitative estimate of drug-likeness (QED) is 0.640. The molecule has 3 aromatic carbocycles. The molecule has 0 radical (unpaired) electrons. The van der Waals surface area contributed by atoms with Crippen molar-refractivity contribution < 1.29 is 23.8 Å². The van der Waals surface area contributed by atoms with E-state index in [9.17, 15) is 9.59 Å². The van der Waals surface area contributed by atoms with Crippen LogP contribution in [0.3, 0.4) is 0 Å². The number of rotatable bonds is 6. The molecule has 7 heteroatoms. The van der Waals surface area contributed by atoms with Gasteiger partial charge in [0.25, 0.3) is 11.8 Å². The normalized spacial score (nSPS) is 12.9. The smallest absolute Gasteiger partial charge is 0.261 e. The highest BCUT2D eigenvalue weighted by atomic mass is 16.5. The van der Waals surface area contributed by atoms with Gasteiger partial charge in [0, 0.05) is 35.5 Å². The van der Waals surface area contributed by atoms with Crippen molar-refractivity contribution in [2.24, 2.45) is 0 Å². The van der Waals surface area contributed by atoms with Crippen molar-refractivity contribution >= 4 is 17.5 Å². The van der Waals surface area contributed by atoms with Crippen LogP contribution in [0.25, 0.3) is 0 Å². The third kappa shape index (κ3) is 4.51. The van der Waals surface area contributed by atoms with E-state index in [2.05, 4.69) is 5.32 Å². The lowest BCUT2D eigenvalue weighted by molar-refractivity contribution is -0.133. The Balaban J connectivity index is 1.56. The number of methoxy groups -OCH3 is 2. The molecule has 3 aromatic rings. The number of ether oxygens (including phenoxy) is 3. The van der Waals surface area contributed by atoms with Gasteiger partial charge in [-0.05, 0) is 36.4 Å². The maximum absolute atomic E-state index is 12.7. The molecule has 0 bridgehead atoms. The Hall–Kier alpha value is -4.00. The van der Waals surface area contributed by atoms with Crippen LogP contribution in [-0.4, -0.2) is 37.5 Å². The summed E-state index contributed by atoms with van der Waals surface area (Å²) in [6.07, 6.45) is 0. The number of fused-ring (bicyclic) bond motifs is 1. The molecule has 0 aromatic heterocycles. The Morgan fingerprint density at radius 2 is 1.84 bits per heavy atom. The lowest BCUT2D eigenvalue weighted by Gasteiger charge is -2.22. The topological polar surface area (TPSA) is 77.1 Å². The fourth-order valence-electron chi connectivity index (χ4n) is 3.67. The highest BCUT2D eigenvalue weighted by Gasteiger charge is 2.24. The maximum atomic E-state index is 12.7. The monoisotopic (exact) mass is 432 g/mol. The molecule has 0 atom stereocenters. The second-order valence-corrected chi connectivity index (χ2v) is 7.33. The Morgan fingerprint density at radius 3 is 2.59 bits per heavy atom. The summed E-state index contributed by atoms with van der Waals surface area (Å²) in [6.45, 7) is 0.612. The highest BCUT2D eigenvalue weighted by molar-refractivity contribution is 6.04. The summed E-state index contributed by atoms with van der Waals surface area (Å²) in [7, 11) is 3.15. The molecule has 164 valence electrons. The van der Waals surface area contributed by atoms with Gasteiger partial charge in [0.2, 0.25) is 0 Å². The van der Waals surface area contributed by atoms with Gasteiger partial charge in [-0.2, -0.15) is 0 Å². The predicted molar refractivity (Wildman–Crippen MR) is 120 cm³/mol. The molecule has 1 aliphatic rings. The van der Waals surface area contributed by atoms with Crippen molar-refractivity contribution in [2.75, 3.05) is 26.1 Å². The van der Waals surface area contributed by atoms with Gasteiger partial charge in [0.15, 0.2) is 18.1 Å². The Kier molecular flexibility index (Phi) is 6.26. The average molecular weight is 432 g/mol. The number of para-hydroxylation sites is 1. The molecule has 7 nitrogen and oxygen atoms in total. The average Bonchev–Trinajstić information content (AvgIpc) is 2.97. The Morgan fingerprint density at radius 1 is 1.03 bits per heavy atom. The molecule has 32 heavy (non-hydrogen) atoms. The molecule has 1 N–H and O–H groups in total. The molecule has 0 fully saturated rings. The minimum absolute atomic E-state index is 0.0605. The summed E-state index contributed by atoms with van der Waals surface area (Å²) in [6, 6.07) is 20.0. The summed E-state index contributed by atoms with van der Waals surface area (Å²) >= 11 is 0. The van der Waals surface area contributed by atoms with Gasteiger partial charge >= 0.3 is 0 Å². The number of amides is 2. The molecule has 0 spiro atoms. The molecule has 4 rings (SSSR count). The van der Waals surface area contributed by atoms with Crippen molar-refractivity contribution in [3.63, 3.8) is 0 Å². The zero-order valence-corrected chi connectivity index (χ0v) is 18.0. The summed E-state index contributed by atoms with van der Waals surface area (Å²) in [5, 5.41) is 2.90. The predicted octanol–water partition coefficient (Wildman–Crippen LogP) is 3.88. The fourth-order valence-corrected chi connectivity index (χ4v) is 3.67. The van der Waals surface area contributed by atoms with Crippen LogP contribution in [-0.2, 0) is 17.9 Å². The van der Waals surface area contributed by atoms with Gasteiger partial charge in [-0.1, -0.05) is 30.3 Å². The highest BCUT2D eigenvalue weighted by Crippen LogP contribution is 2.33. The van der Waals surface area contributed by atoms with E-state index in [0.29, 0.717) is 41.6 Å². The molecule has 0 saturated carbocycles. The van der Waals surface area contributed by atoms with Gasteiger partial charge < -0.3 is 24.4 Å². The van der Waals surface area contributed by atoms with Gasteiger partial charge in [0.1, 0.15) is 5.75 Å². The van der Waals surface area contributed by atoms with Gasteiger partial charge in [-0.25, -0.2) is 0 Å². The molecule has 1 heterocycles. The number of nitrogens with one attached hydrogen (secondary N) is 1. The first-order chi connectivity index (χ1) is 15.6. The molecule has 2 amide bonds. The van der Waals surface area contributed by atoms with Gasteiger partial charge in [-0.3, -0.25) is 9.59 Å². The van der Waals surface area contributed by atoms with Crippen LogP contribution in [0.2, 0.25) is 0 Å². The third-order valence-electron chi connectivity index (χ3n) is 5.27. The van der Waals surface area contributed by atoms with Crippen LogP contribution >= 0.6 is 0 Å². The first-order valence-corrected chi connectivity index (χ1v) is 10.2. The van der Waals surface area contributed by atoms with Crippen LogP contribution in [0.1, 0.15) is 21.5 Å². The largest absolute Gasteiger partial charge is 0.493 e. The van der Waals surface area contributed by atoms with E-state index in [1.54, 1.807) is 43.4 Å². The SMILES string of the molecule is COc1cccc(CN2Cc3cc(NC(=O)c4ccccc4)ccc3OCC2=O)c1OC. The third-order valence-corrected chi connectivity index (χ3v) is 5.27. The molecular weight excluding hydrogens is 408 g/mol. The van der Waals surface area contributed by atoms with Crippen LogP contribution in [0.4, 0.5) is 5.69 Å². The second kappa shape index (κ2) is 9.43. The summed E-state index contributed by atoms with van der Waals surface area (Å²) in [5.74, 6) is 1.48. The van der Waals surface area contributed by atoms with Crippen molar-refractivity contribution in [3.05, 3.63) is 83.4 Å². The Bertz CT molecular complexity index is 1130. The minimum atomic E-state index is -0.200. The maximum Gasteiger partial charge on any atom is 0.261 e. The van der Waals surface area contributed by atoms with Crippen LogP contribution in [0.15, 0.2) is 66.7 Å². The van der Waals surface area contributed by atoms with Crippen molar-refractivity contribution in [3.8, 4) is 17.2 Å². The summed E-state index contributed by atoms with van der Waals surface area (Å²) < 4.78 is 16.6. The number of carbonyl (C=O) groups excluding carboxylic acids is 2. The van der Waals surface area contributed by atoms with E-state index in [4.69, 9.17) is 14.2 Å². The first-order valence-electron chi connectivity index (χ1n) is 10.2. The van der Waals surface area contributed by atoms with E-state index >= 15 is 0 Å². The van der Waals surface area contributed by atoms with Crippen LogP contribution in [0.5, 0.6) is 17.2 Å². The van der Waals surface area contributed by atoms with E-state index in [0.717, 1.165) is 11.1 Å². The van der Waals surface area contributed by atoms with Crippen molar-refractivity contribution in [2.45, 2.75) is 13.1 Å². The second-order valence-electron chi connectivity index (χ2n) is 7.33. The summed E-state index contributed by atoms with van der Waals surface area (Å²) in [4.78, 5) is 27.0. The van der Waals surface area contributed by atoms with E-state index in [1.807, 2.05) is 42.5 Å². The molecule has 1 aliphatic heterocycles. The number of nitrogens with zero attached hydrogens (tertiary/aromatic N) is 1. The fraction of sp³-hybridized carbons (Fsp3) is 0.200. The van der Waals surface area contributed by atoms with Crippen LogP contribution < -0.4 is 19.5 Å². The number of hydrogen-bond acceptors (Lipinski definition) is 5. The van der Waals surface area contributed by atoms with Crippen molar-refractivity contribution in [1.82, 2.24) is 4.90 Å². The molecule has 0 saturated heterocycles. The van der Waals surface area contributed by atoms with E-state index in [1.165, 1.54) is 0 Å².